The van der Waals surface area contributed by atoms with Crippen LogP contribution in [0.1, 0.15) is 32.1 Å². The highest BCUT2D eigenvalue weighted by atomic mass is 32.1. The van der Waals surface area contributed by atoms with Crippen LogP contribution in [0.2, 0.25) is 0 Å². The fourth-order valence-corrected chi connectivity index (χ4v) is 4.70. The monoisotopic (exact) mass is 383 g/mol. The third-order valence-corrected chi connectivity index (χ3v) is 6.12. The van der Waals surface area contributed by atoms with E-state index in [1.807, 2.05) is 28.9 Å². The molecule has 26 heavy (non-hydrogen) atoms. The number of thiophene rings is 1. The standard InChI is InChI=1S/C20H21N3OS2/c1-24-17-10-5-9-16(13-17)21-20-23(22-15-7-3-2-4-8-15)18(14-26-20)19-11-6-12-25-19/h5-6,9-14H,2-4,7-8H2,1H3. The molecule has 4 rings (SSSR count). The highest BCUT2D eigenvalue weighted by Crippen LogP contribution is 2.27. The highest BCUT2D eigenvalue weighted by Gasteiger charge is 2.12. The first kappa shape index (κ1) is 17.2. The zero-order chi connectivity index (χ0) is 17.8. The van der Waals surface area contributed by atoms with E-state index in [0.717, 1.165) is 34.8 Å². The predicted molar refractivity (Wildman–Crippen MR) is 110 cm³/mol. The summed E-state index contributed by atoms with van der Waals surface area (Å²) in [6.45, 7) is 0. The Kier molecular flexibility index (Phi) is 5.32. The van der Waals surface area contributed by atoms with Crippen LogP contribution >= 0.6 is 22.7 Å². The quantitative estimate of drug-likeness (QED) is 0.570. The Labute approximate surface area is 161 Å². The lowest BCUT2D eigenvalue weighted by Gasteiger charge is -2.13. The number of hydrogen-bond donors (Lipinski definition) is 0. The van der Waals surface area contributed by atoms with E-state index in [-0.39, 0.29) is 0 Å². The molecular formula is C20H21N3OS2. The van der Waals surface area contributed by atoms with Gasteiger partial charge in [0.05, 0.1) is 23.4 Å². The molecule has 0 amide bonds. The van der Waals surface area contributed by atoms with Crippen LogP contribution in [-0.4, -0.2) is 17.5 Å². The molecule has 2 heterocycles. The van der Waals surface area contributed by atoms with Crippen molar-refractivity contribution in [1.82, 2.24) is 4.68 Å². The van der Waals surface area contributed by atoms with Crippen molar-refractivity contribution >= 4 is 34.1 Å². The van der Waals surface area contributed by atoms with Crippen LogP contribution in [0.4, 0.5) is 5.69 Å². The Bertz CT molecular complexity index is 959. The van der Waals surface area contributed by atoms with Gasteiger partial charge in [0.1, 0.15) is 5.75 Å². The van der Waals surface area contributed by atoms with Gasteiger partial charge in [-0.1, -0.05) is 18.6 Å². The molecule has 1 fully saturated rings. The summed E-state index contributed by atoms with van der Waals surface area (Å²) < 4.78 is 7.34. The van der Waals surface area contributed by atoms with Crippen LogP contribution < -0.4 is 9.54 Å². The second-order valence-electron chi connectivity index (χ2n) is 6.23. The fourth-order valence-electron chi connectivity index (χ4n) is 3.06. The maximum atomic E-state index is 5.32. The maximum Gasteiger partial charge on any atom is 0.211 e. The first-order valence-corrected chi connectivity index (χ1v) is 10.6. The zero-order valence-corrected chi connectivity index (χ0v) is 16.4. The van der Waals surface area contributed by atoms with Gasteiger partial charge in [-0.25, -0.2) is 9.67 Å². The molecular weight excluding hydrogens is 362 g/mol. The highest BCUT2D eigenvalue weighted by molar-refractivity contribution is 7.14. The first-order valence-electron chi connectivity index (χ1n) is 8.83. The van der Waals surface area contributed by atoms with Gasteiger partial charge in [0.2, 0.25) is 4.80 Å². The van der Waals surface area contributed by atoms with Crippen LogP contribution in [0.5, 0.6) is 5.75 Å². The lowest BCUT2D eigenvalue weighted by Crippen LogP contribution is -2.15. The molecule has 3 aromatic rings. The average Bonchev–Trinajstić information content (AvgIpc) is 3.33. The predicted octanol–water partition coefficient (Wildman–Crippen LogP) is 5.69. The van der Waals surface area contributed by atoms with E-state index in [9.17, 15) is 0 Å². The van der Waals surface area contributed by atoms with Crippen LogP contribution in [0, 0.1) is 0 Å². The lowest BCUT2D eigenvalue weighted by atomic mass is 9.99. The van der Waals surface area contributed by atoms with Crippen molar-refractivity contribution in [3.8, 4) is 16.3 Å². The number of nitrogens with zero attached hydrogens (tertiary/aromatic N) is 3. The summed E-state index contributed by atoms with van der Waals surface area (Å²) in [5.41, 5.74) is 3.27. The average molecular weight is 384 g/mol. The Balaban J connectivity index is 1.82. The smallest absolute Gasteiger partial charge is 0.211 e. The third kappa shape index (κ3) is 3.81. The summed E-state index contributed by atoms with van der Waals surface area (Å²) in [6, 6.07) is 12.0. The molecule has 4 nitrogen and oxygen atoms in total. The van der Waals surface area contributed by atoms with Crippen molar-refractivity contribution in [3.63, 3.8) is 0 Å². The SMILES string of the molecule is COc1cccc(N=c2scc(-c3cccs3)n2N=C2CCCCC2)c1. The lowest BCUT2D eigenvalue weighted by molar-refractivity contribution is 0.415. The van der Waals surface area contributed by atoms with E-state index in [1.165, 1.54) is 29.9 Å². The summed E-state index contributed by atoms with van der Waals surface area (Å²) in [4.78, 5) is 6.95. The molecule has 1 saturated carbocycles. The number of thiazole rings is 1. The van der Waals surface area contributed by atoms with E-state index in [2.05, 4.69) is 22.9 Å². The molecule has 6 heteroatoms. The molecule has 134 valence electrons. The van der Waals surface area contributed by atoms with Gasteiger partial charge in [-0.2, -0.15) is 5.10 Å². The van der Waals surface area contributed by atoms with Gasteiger partial charge in [-0.3, -0.25) is 0 Å². The van der Waals surface area contributed by atoms with Crippen molar-refractivity contribution in [2.75, 3.05) is 7.11 Å². The Morgan fingerprint density at radius 1 is 1.04 bits per heavy atom. The molecule has 0 N–H and O–H groups in total. The number of hydrogen-bond acceptors (Lipinski definition) is 5. The Morgan fingerprint density at radius 2 is 1.92 bits per heavy atom. The summed E-state index contributed by atoms with van der Waals surface area (Å²) in [5.74, 6) is 0.812. The number of rotatable bonds is 4. The van der Waals surface area contributed by atoms with Gasteiger partial charge < -0.3 is 4.74 Å². The second-order valence-corrected chi connectivity index (χ2v) is 8.02. The van der Waals surface area contributed by atoms with E-state index < -0.39 is 0 Å². The Morgan fingerprint density at radius 3 is 2.69 bits per heavy atom. The van der Waals surface area contributed by atoms with Crippen LogP contribution in [-0.2, 0) is 0 Å². The second kappa shape index (κ2) is 8.01. The molecule has 1 aliphatic rings. The van der Waals surface area contributed by atoms with Gasteiger partial charge in [0.15, 0.2) is 0 Å². The molecule has 0 spiro atoms. The van der Waals surface area contributed by atoms with Gasteiger partial charge in [-0.15, -0.1) is 22.7 Å². The van der Waals surface area contributed by atoms with Crippen LogP contribution in [0.3, 0.4) is 0 Å². The molecule has 0 radical (unpaired) electrons. The van der Waals surface area contributed by atoms with Crippen molar-refractivity contribution in [1.29, 1.82) is 0 Å². The number of ether oxygens (including phenoxy) is 1. The molecule has 0 aliphatic heterocycles. The summed E-state index contributed by atoms with van der Waals surface area (Å²) in [7, 11) is 1.67. The minimum absolute atomic E-state index is 0.812. The topological polar surface area (TPSA) is 38.9 Å². The molecule has 0 saturated heterocycles. The minimum atomic E-state index is 0.812. The van der Waals surface area contributed by atoms with Gasteiger partial charge in [0.25, 0.3) is 0 Å². The van der Waals surface area contributed by atoms with Crippen LogP contribution in [0.15, 0.2) is 57.3 Å². The molecule has 0 bridgehead atoms. The third-order valence-electron chi connectivity index (χ3n) is 4.41. The molecule has 0 unspecified atom stereocenters. The molecule has 1 aromatic carbocycles. The number of methoxy groups -OCH3 is 1. The fraction of sp³-hybridized carbons (Fsp3) is 0.300. The van der Waals surface area contributed by atoms with Crippen LogP contribution in [0.25, 0.3) is 10.6 Å². The summed E-state index contributed by atoms with van der Waals surface area (Å²) in [6.07, 6.45) is 5.96. The minimum Gasteiger partial charge on any atom is -0.497 e. The Hall–Kier alpha value is -2.18. The van der Waals surface area contributed by atoms with Gasteiger partial charge in [0, 0.05) is 17.2 Å². The number of benzene rings is 1. The largest absolute Gasteiger partial charge is 0.497 e. The summed E-state index contributed by atoms with van der Waals surface area (Å²) >= 11 is 3.36. The van der Waals surface area contributed by atoms with Crippen molar-refractivity contribution in [2.45, 2.75) is 32.1 Å². The molecule has 2 aromatic heterocycles. The van der Waals surface area contributed by atoms with E-state index in [1.54, 1.807) is 29.8 Å². The van der Waals surface area contributed by atoms with Gasteiger partial charge in [-0.05, 0) is 49.3 Å². The van der Waals surface area contributed by atoms with Crippen molar-refractivity contribution in [3.05, 3.63) is 52.0 Å². The first-order chi connectivity index (χ1) is 12.8. The van der Waals surface area contributed by atoms with Gasteiger partial charge >= 0.3 is 0 Å². The van der Waals surface area contributed by atoms with E-state index in [4.69, 9.17) is 14.8 Å². The molecule has 0 atom stereocenters. The van der Waals surface area contributed by atoms with Crippen molar-refractivity contribution < 1.29 is 4.74 Å². The summed E-state index contributed by atoms with van der Waals surface area (Å²) in [5, 5.41) is 9.25. The van der Waals surface area contributed by atoms with Crippen molar-refractivity contribution in [2.24, 2.45) is 10.1 Å². The van der Waals surface area contributed by atoms with E-state index in [0.29, 0.717) is 0 Å². The molecule has 1 aliphatic carbocycles. The van der Waals surface area contributed by atoms with E-state index >= 15 is 0 Å². The zero-order valence-electron chi connectivity index (χ0n) is 14.7. The normalized spacial score (nSPS) is 15.3. The maximum absolute atomic E-state index is 5.32. The number of aromatic nitrogens is 1.